The number of likely N-dealkylation sites (N-methyl/N-ethyl adjacent to an activating group) is 1. The van der Waals surface area contributed by atoms with Crippen LogP contribution < -0.4 is 11.1 Å². The average molecular weight is 232 g/mol. The lowest BCUT2D eigenvalue weighted by molar-refractivity contribution is 0.259. The fourth-order valence-electron chi connectivity index (χ4n) is 2.92. The van der Waals surface area contributed by atoms with Gasteiger partial charge in [0.15, 0.2) is 0 Å². The van der Waals surface area contributed by atoms with Crippen molar-refractivity contribution in [1.82, 2.24) is 5.32 Å². The third-order valence-corrected chi connectivity index (χ3v) is 4.05. The molecule has 1 unspecified atom stereocenters. The van der Waals surface area contributed by atoms with E-state index in [0.29, 0.717) is 12.1 Å². The van der Waals surface area contributed by atoms with Gasteiger partial charge in [-0.1, -0.05) is 30.3 Å². The van der Waals surface area contributed by atoms with E-state index in [4.69, 9.17) is 5.73 Å². The van der Waals surface area contributed by atoms with Gasteiger partial charge in [0.1, 0.15) is 0 Å². The molecule has 1 saturated carbocycles. The van der Waals surface area contributed by atoms with Crippen molar-refractivity contribution in [2.24, 2.45) is 11.7 Å². The highest BCUT2D eigenvalue weighted by molar-refractivity contribution is 5.16. The van der Waals surface area contributed by atoms with Gasteiger partial charge >= 0.3 is 0 Å². The summed E-state index contributed by atoms with van der Waals surface area (Å²) in [5, 5.41) is 3.49. The van der Waals surface area contributed by atoms with Crippen LogP contribution in [0.15, 0.2) is 30.3 Å². The summed E-state index contributed by atoms with van der Waals surface area (Å²) >= 11 is 0. The molecule has 0 aliphatic heterocycles. The fraction of sp³-hybridized carbons (Fsp3) is 0.600. The quantitative estimate of drug-likeness (QED) is 0.836. The number of benzene rings is 1. The second-order valence-corrected chi connectivity index (χ2v) is 5.26. The van der Waals surface area contributed by atoms with Crippen LogP contribution in [0.5, 0.6) is 0 Å². The molecule has 2 heteroatoms. The van der Waals surface area contributed by atoms with E-state index in [1.807, 2.05) is 0 Å². The Labute approximate surface area is 105 Å². The molecule has 0 spiro atoms. The van der Waals surface area contributed by atoms with Gasteiger partial charge in [-0.05, 0) is 50.6 Å². The molecule has 1 atom stereocenters. The first-order valence-corrected chi connectivity index (χ1v) is 6.76. The molecule has 0 radical (unpaired) electrons. The van der Waals surface area contributed by atoms with Crippen LogP contribution in [-0.4, -0.2) is 19.1 Å². The SMILES string of the molecule is CNC(Cc1ccccc1)C1CCC(N)CC1. The van der Waals surface area contributed by atoms with Crippen LogP contribution in [0.4, 0.5) is 0 Å². The Kier molecular flexibility index (Phi) is 4.57. The lowest BCUT2D eigenvalue weighted by Gasteiger charge is -2.32. The van der Waals surface area contributed by atoms with Gasteiger partial charge in [0.25, 0.3) is 0 Å². The van der Waals surface area contributed by atoms with Gasteiger partial charge in [0, 0.05) is 12.1 Å². The summed E-state index contributed by atoms with van der Waals surface area (Å²) in [5.41, 5.74) is 7.40. The molecule has 17 heavy (non-hydrogen) atoms. The predicted octanol–water partition coefficient (Wildman–Crippen LogP) is 2.33. The maximum atomic E-state index is 5.97. The summed E-state index contributed by atoms with van der Waals surface area (Å²) in [4.78, 5) is 0. The van der Waals surface area contributed by atoms with Crippen LogP contribution in [0.25, 0.3) is 0 Å². The van der Waals surface area contributed by atoms with Gasteiger partial charge in [-0.25, -0.2) is 0 Å². The molecule has 3 N–H and O–H groups in total. The summed E-state index contributed by atoms with van der Waals surface area (Å²) in [6.45, 7) is 0. The second kappa shape index (κ2) is 6.18. The topological polar surface area (TPSA) is 38.0 Å². The van der Waals surface area contributed by atoms with E-state index in [1.165, 1.54) is 31.2 Å². The molecule has 1 aromatic carbocycles. The first-order chi connectivity index (χ1) is 8.29. The van der Waals surface area contributed by atoms with Gasteiger partial charge in [-0.2, -0.15) is 0 Å². The van der Waals surface area contributed by atoms with Crippen molar-refractivity contribution in [3.05, 3.63) is 35.9 Å². The van der Waals surface area contributed by atoms with Crippen LogP contribution in [0.3, 0.4) is 0 Å². The Morgan fingerprint density at radius 1 is 1.18 bits per heavy atom. The Balaban J connectivity index is 1.92. The predicted molar refractivity (Wildman–Crippen MR) is 72.9 cm³/mol. The molecular weight excluding hydrogens is 208 g/mol. The van der Waals surface area contributed by atoms with Crippen LogP contribution in [0.1, 0.15) is 31.2 Å². The fourth-order valence-corrected chi connectivity index (χ4v) is 2.92. The first kappa shape index (κ1) is 12.6. The third kappa shape index (κ3) is 3.55. The molecule has 1 aromatic rings. The van der Waals surface area contributed by atoms with Crippen molar-refractivity contribution in [2.75, 3.05) is 7.05 Å². The van der Waals surface area contributed by atoms with E-state index >= 15 is 0 Å². The van der Waals surface area contributed by atoms with Gasteiger partial charge in [0.05, 0.1) is 0 Å². The number of nitrogens with two attached hydrogens (primary N) is 1. The van der Waals surface area contributed by atoms with Crippen molar-refractivity contribution < 1.29 is 0 Å². The summed E-state index contributed by atoms with van der Waals surface area (Å²) in [7, 11) is 2.09. The third-order valence-electron chi connectivity index (χ3n) is 4.05. The maximum absolute atomic E-state index is 5.97. The minimum Gasteiger partial charge on any atom is -0.328 e. The highest BCUT2D eigenvalue weighted by Crippen LogP contribution is 2.27. The van der Waals surface area contributed by atoms with Crippen molar-refractivity contribution in [3.8, 4) is 0 Å². The zero-order valence-electron chi connectivity index (χ0n) is 10.7. The minimum atomic E-state index is 0.445. The number of hydrogen-bond acceptors (Lipinski definition) is 2. The van der Waals surface area contributed by atoms with Crippen molar-refractivity contribution >= 4 is 0 Å². The van der Waals surface area contributed by atoms with Gasteiger partial charge in [0.2, 0.25) is 0 Å². The van der Waals surface area contributed by atoms with Crippen LogP contribution in [0.2, 0.25) is 0 Å². The highest BCUT2D eigenvalue weighted by Gasteiger charge is 2.25. The molecule has 0 heterocycles. The van der Waals surface area contributed by atoms with Crippen LogP contribution in [-0.2, 0) is 6.42 Å². The lowest BCUT2D eigenvalue weighted by atomic mass is 9.80. The van der Waals surface area contributed by atoms with Crippen molar-refractivity contribution in [2.45, 2.75) is 44.2 Å². The van der Waals surface area contributed by atoms with E-state index < -0.39 is 0 Å². The van der Waals surface area contributed by atoms with Gasteiger partial charge in [-0.15, -0.1) is 0 Å². The van der Waals surface area contributed by atoms with Gasteiger partial charge < -0.3 is 11.1 Å². The zero-order valence-corrected chi connectivity index (χ0v) is 10.7. The minimum absolute atomic E-state index is 0.445. The van der Waals surface area contributed by atoms with Crippen LogP contribution in [0, 0.1) is 5.92 Å². The highest BCUT2D eigenvalue weighted by atomic mass is 14.9. The summed E-state index contributed by atoms with van der Waals surface area (Å²) in [6.07, 6.45) is 6.07. The molecule has 0 bridgehead atoms. The molecule has 0 saturated heterocycles. The smallest absolute Gasteiger partial charge is 0.0133 e. The van der Waals surface area contributed by atoms with E-state index in [-0.39, 0.29) is 0 Å². The standard InChI is InChI=1S/C15H24N2/c1-17-15(11-12-5-3-2-4-6-12)13-7-9-14(16)10-8-13/h2-6,13-15,17H,7-11,16H2,1H3. The number of hydrogen-bond donors (Lipinski definition) is 2. The normalized spacial score (nSPS) is 26.7. The molecule has 1 aliphatic carbocycles. The summed E-state index contributed by atoms with van der Waals surface area (Å²) in [5.74, 6) is 0.792. The molecule has 1 aliphatic rings. The molecule has 2 nitrogen and oxygen atoms in total. The first-order valence-electron chi connectivity index (χ1n) is 6.76. The monoisotopic (exact) mass is 232 g/mol. The van der Waals surface area contributed by atoms with Crippen molar-refractivity contribution in [1.29, 1.82) is 0 Å². The van der Waals surface area contributed by atoms with E-state index in [9.17, 15) is 0 Å². The maximum Gasteiger partial charge on any atom is 0.0133 e. The summed E-state index contributed by atoms with van der Waals surface area (Å²) in [6, 6.07) is 11.8. The van der Waals surface area contributed by atoms with Crippen LogP contribution >= 0.6 is 0 Å². The Morgan fingerprint density at radius 2 is 1.82 bits per heavy atom. The Bertz CT molecular complexity index is 315. The Hall–Kier alpha value is -0.860. The molecule has 2 rings (SSSR count). The zero-order chi connectivity index (χ0) is 12.1. The second-order valence-electron chi connectivity index (χ2n) is 5.26. The summed E-state index contributed by atoms with van der Waals surface area (Å²) < 4.78 is 0. The number of nitrogens with one attached hydrogen (secondary N) is 1. The van der Waals surface area contributed by atoms with E-state index in [1.54, 1.807) is 0 Å². The molecule has 94 valence electrons. The molecule has 0 aromatic heterocycles. The lowest BCUT2D eigenvalue weighted by Crippen LogP contribution is -2.39. The Morgan fingerprint density at radius 3 is 2.41 bits per heavy atom. The molecule has 1 fully saturated rings. The molecular formula is C15H24N2. The van der Waals surface area contributed by atoms with E-state index in [0.717, 1.165) is 12.3 Å². The van der Waals surface area contributed by atoms with E-state index in [2.05, 4.69) is 42.7 Å². The van der Waals surface area contributed by atoms with Crippen molar-refractivity contribution in [3.63, 3.8) is 0 Å². The average Bonchev–Trinajstić information content (AvgIpc) is 2.38. The number of rotatable bonds is 4. The largest absolute Gasteiger partial charge is 0.328 e. The van der Waals surface area contributed by atoms with Gasteiger partial charge in [-0.3, -0.25) is 0 Å². The molecule has 0 amide bonds.